The van der Waals surface area contributed by atoms with Gasteiger partial charge in [-0.15, -0.1) is 0 Å². The van der Waals surface area contributed by atoms with E-state index in [9.17, 15) is 14.4 Å². The molecule has 0 saturated heterocycles. The average Bonchev–Trinajstić information content (AvgIpc) is 2.58. The fourth-order valence-electron chi connectivity index (χ4n) is 1.56. The quantitative estimate of drug-likeness (QED) is 0.620. The summed E-state index contributed by atoms with van der Waals surface area (Å²) in [6, 6.07) is 9.88. The smallest absolute Gasteiger partial charge is 0.340 e. The molecule has 0 bridgehead atoms. The SMILES string of the molecule is O=C(COC(=O)c1cncc(Br)c1)NNC(=O)c1ccccc1. The zero-order valence-electron chi connectivity index (χ0n) is 11.8. The third kappa shape index (κ3) is 5.19. The number of esters is 1. The van der Waals surface area contributed by atoms with Crippen LogP contribution in [-0.4, -0.2) is 29.4 Å². The molecular formula is C15H12BrN3O4. The van der Waals surface area contributed by atoms with Gasteiger partial charge in [-0.2, -0.15) is 0 Å². The lowest BCUT2D eigenvalue weighted by atomic mass is 10.2. The summed E-state index contributed by atoms with van der Waals surface area (Å²) in [6.45, 7) is -0.527. The summed E-state index contributed by atoms with van der Waals surface area (Å²) in [4.78, 5) is 38.8. The van der Waals surface area contributed by atoms with Gasteiger partial charge in [-0.1, -0.05) is 18.2 Å². The highest BCUT2D eigenvalue weighted by Gasteiger charge is 2.12. The van der Waals surface area contributed by atoms with Crippen molar-refractivity contribution in [2.45, 2.75) is 0 Å². The highest BCUT2D eigenvalue weighted by Crippen LogP contribution is 2.10. The van der Waals surface area contributed by atoms with Crippen LogP contribution < -0.4 is 10.9 Å². The molecule has 0 aliphatic heterocycles. The minimum absolute atomic E-state index is 0.209. The van der Waals surface area contributed by atoms with Gasteiger partial charge in [-0.3, -0.25) is 25.4 Å². The van der Waals surface area contributed by atoms with Crippen molar-refractivity contribution in [2.24, 2.45) is 0 Å². The first-order valence-electron chi connectivity index (χ1n) is 6.48. The number of carbonyl (C=O) groups is 3. The van der Waals surface area contributed by atoms with Crippen molar-refractivity contribution < 1.29 is 19.1 Å². The van der Waals surface area contributed by atoms with E-state index in [4.69, 9.17) is 4.74 Å². The topological polar surface area (TPSA) is 97.4 Å². The molecule has 2 rings (SSSR count). The van der Waals surface area contributed by atoms with Crippen molar-refractivity contribution in [3.05, 3.63) is 64.4 Å². The molecule has 1 aromatic heterocycles. The van der Waals surface area contributed by atoms with Crippen molar-refractivity contribution in [1.82, 2.24) is 15.8 Å². The number of hydrazine groups is 1. The average molecular weight is 378 g/mol. The fourth-order valence-corrected chi connectivity index (χ4v) is 1.93. The molecule has 0 unspecified atom stereocenters. The summed E-state index contributed by atoms with van der Waals surface area (Å²) in [6.07, 6.45) is 2.84. The number of hydrogen-bond acceptors (Lipinski definition) is 5. The van der Waals surface area contributed by atoms with Gasteiger partial charge in [-0.05, 0) is 34.1 Å². The number of carbonyl (C=O) groups excluding carboxylic acids is 3. The van der Waals surface area contributed by atoms with E-state index in [0.29, 0.717) is 10.0 Å². The Morgan fingerprint density at radius 2 is 1.78 bits per heavy atom. The lowest BCUT2D eigenvalue weighted by Crippen LogP contribution is -2.43. The molecule has 0 fully saturated rings. The number of ether oxygens (including phenoxy) is 1. The van der Waals surface area contributed by atoms with E-state index < -0.39 is 24.4 Å². The number of benzene rings is 1. The molecule has 0 atom stereocenters. The van der Waals surface area contributed by atoms with Gasteiger partial charge in [0.2, 0.25) is 0 Å². The van der Waals surface area contributed by atoms with Crippen molar-refractivity contribution in [3.8, 4) is 0 Å². The predicted octanol–water partition coefficient (Wildman–Crippen LogP) is 1.46. The zero-order chi connectivity index (χ0) is 16.7. The first-order chi connectivity index (χ1) is 11.1. The molecule has 0 saturated carbocycles. The summed E-state index contributed by atoms with van der Waals surface area (Å²) >= 11 is 3.18. The van der Waals surface area contributed by atoms with Crippen LogP contribution in [-0.2, 0) is 9.53 Å². The van der Waals surface area contributed by atoms with Crippen molar-refractivity contribution in [3.63, 3.8) is 0 Å². The highest BCUT2D eigenvalue weighted by molar-refractivity contribution is 9.10. The molecule has 118 valence electrons. The summed E-state index contributed by atoms with van der Waals surface area (Å²) in [5, 5.41) is 0. The van der Waals surface area contributed by atoms with Crippen molar-refractivity contribution in [2.75, 3.05) is 6.61 Å². The standard InChI is InChI=1S/C15H12BrN3O4/c16-12-6-11(7-17-8-12)15(22)23-9-13(20)18-19-14(21)10-4-2-1-3-5-10/h1-8H,9H2,(H,18,20)(H,19,21). The lowest BCUT2D eigenvalue weighted by Gasteiger charge is -2.08. The van der Waals surface area contributed by atoms with Crippen molar-refractivity contribution in [1.29, 1.82) is 0 Å². The molecule has 7 nitrogen and oxygen atoms in total. The number of rotatable bonds is 4. The van der Waals surface area contributed by atoms with Crippen molar-refractivity contribution >= 4 is 33.7 Å². The molecule has 2 aromatic rings. The molecule has 0 spiro atoms. The summed E-state index contributed by atoms with van der Waals surface area (Å²) in [5.41, 5.74) is 4.98. The van der Waals surface area contributed by atoms with Gasteiger partial charge in [0.25, 0.3) is 11.8 Å². The van der Waals surface area contributed by atoms with Crippen LogP contribution in [0.3, 0.4) is 0 Å². The van der Waals surface area contributed by atoms with Crippen LogP contribution in [0.15, 0.2) is 53.3 Å². The number of halogens is 1. The minimum atomic E-state index is -0.691. The normalized spacial score (nSPS) is 9.78. The van der Waals surface area contributed by atoms with Crippen LogP contribution in [0.5, 0.6) is 0 Å². The summed E-state index contributed by atoms with van der Waals surface area (Å²) in [7, 11) is 0. The van der Waals surface area contributed by atoms with Crippen LogP contribution in [0.4, 0.5) is 0 Å². The first-order valence-corrected chi connectivity index (χ1v) is 7.27. The van der Waals surface area contributed by atoms with Gasteiger partial charge in [-0.25, -0.2) is 4.79 Å². The number of hydrogen-bond donors (Lipinski definition) is 2. The second kappa shape index (κ2) is 8.04. The van der Waals surface area contributed by atoms with Gasteiger partial charge in [0.1, 0.15) is 0 Å². The third-order valence-electron chi connectivity index (χ3n) is 2.63. The molecule has 23 heavy (non-hydrogen) atoms. The number of nitrogens with zero attached hydrogens (tertiary/aromatic N) is 1. The van der Waals surface area contributed by atoms with E-state index in [1.54, 1.807) is 30.3 Å². The number of amides is 2. The van der Waals surface area contributed by atoms with Crippen LogP contribution in [0.2, 0.25) is 0 Å². The van der Waals surface area contributed by atoms with Crippen LogP contribution in [0.1, 0.15) is 20.7 Å². The highest BCUT2D eigenvalue weighted by atomic mass is 79.9. The van der Waals surface area contributed by atoms with E-state index in [1.165, 1.54) is 18.5 Å². The lowest BCUT2D eigenvalue weighted by molar-refractivity contribution is -0.125. The maximum absolute atomic E-state index is 11.7. The molecule has 2 N–H and O–H groups in total. The van der Waals surface area contributed by atoms with Gasteiger partial charge in [0.15, 0.2) is 6.61 Å². The Labute approximate surface area is 140 Å². The molecular weight excluding hydrogens is 366 g/mol. The second-order valence-corrected chi connectivity index (χ2v) is 5.25. The first kappa shape index (κ1) is 16.6. The summed E-state index contributed by atoms with van der Waals surface area (Å²) < 4.78 is 5.44. The Bertz CT molecular complexity index is 722. The Kier molecular flexibility index (Phi) is 5.81. The monoisotopic (exact) mass is 377 g/mol. The molecule has 0 radical (unpaired) electrons. The van der Waals surface area contributed by atoms with Gasteiger partial charge in [0.05, 0.1) is 5.56 Å². The van der Waals surface area contributed by atoms with E-state index in [-0.39, 0.29) is 5.56 Å². The molecule has 2 amide bonds. The van der Waals surface area contributed by atoms with E-state index in [1.807, 2.05) is 0 Å². The van der Waals surface area contributed by atoms with Crippen LogP contribution >= 0.6 is 15.9 Å². The number of pyridine rings is 1. The molecule has 0 aliphatic rings. The predicted molar refractivity (Wildman–Crippen MR) is 84.3 cm³/mol. The van der Waals surface area contributed by atoms with Crippen LogP contribution in [0.25, 0.3) is 0 Å². The fraction of sp³-hybridized carbons (Fsp3) is 0.0667. The van der Waals surface area contributed by atoms with E-state index in [2.05, 4.69) is 31.8 Å². The minimum Gasteiger partial charge on any atom is -0.452 e. The number of aromatic nitrogens is 1. The van der Waals surface area contributed by atoms with Gasteiger partial charge < -0.3 is 4.74 Å². The summed E-state index contributed by atoms with van der Waals surface area (Å²) in [5.74, 6) is -1.82. The van der Waals surface area contributed by atoms with Gasteiger partial charge >= 0.3 is 5.97 Å². The second-order valence-electron chi connectivity index (χ2n) is 4.34. The largest absolute Gasteiger partial charge is 0.452 e. The molecule has 1 heterocycles. The van der Waals surface area contributed by atoms with E-state index in [0.717, 1.165) is 0 Å². The zero-order valence-corrected chi connectivity index (χ0v) is 13.4. The number of nitrogens with one attached hydrogen (secondary N) is 2. The van der Waals surface area contributed by atoms with Gasteiger partial charge in [0, 0.05) is 22.4 Å². The molecule has 0 aliphatic carbocycles. The van der Waals surface area contributed by atoms with Crippen LogP contribution in [0, 0.1) is 0 Å². The Morgan fingerprint density at radius 3 is 2.48 bits per heavy atom. The molecule has 8 heteroatoms. The molecule has 1 aromatic carbocycles. The Balaban J connectivity index is 1.77. The maximum atomic E-state index is 11.7. The Morgan fingerprint density at radius 1 is 1.04 bits per heavy atom. The maximum Gasteiger partial charge on any atom is 0.340 e. The Hall–Kier alpha value is -2.74. The van der Waals surface area contributed by atoms with E-state index >= 15 is 0 Å². The third-order valence-corrected chi connectivity index (χ3v) is 3.06.